The Morgan fingerprint density at radius 2 is 2.10 bits per heavy atom. The molecule has 2 aromatic rings. The molecule has 0 aliphatic heterocycles. The summed E-state index contributed by atoms with van der Waals surface area (Å²) in [6, 6.07) is 1.95. The highest BCUT2D eigenvalue weighted by Crippen LogP contribution is 2.36. The van der Waals surface area contributed by atoms with Crippen molar-refractivity contribution in [1.82, 2.24) is 9.55 Å². The van der Waals surface area contributed by atoms with Gasteiger partial charge in [-0.2, -0.15) is 0 Å². The average Bonchev–Trinajstić information content (AvgIpc) is 2.92. The molecule has 0 atom stereocenters. The number of rotatable bonds is 2. The van der Waals surface area contributed by atoms with E-state index in [1.54, 1.807) is 11.3 Å². The number of fused-ring (bicyclic) bond motifs is 1. The van der Waals surface area contributed by atoms with Crippen LogP contribution in [0.25, 0.3) is 5.13 Å². The van der Waals surface area contributed by atoms with Crippen LogP contribution in [0.15, 0.2) is 17.6 Å². The van der Waals surface area contributed by atoms with Gasteiger partial charge in [0.1, 0.15) is 0 Å². The molecule has 3 nitrogen and oxygen atoms in total. The molecule has 0 unspecified atom stereocenters. The van der Waals surface area contributed by atoms with Crippen LogP contribution >= 0.6 is 11.3 Å². The van der Waals surface area contributed by atoms with Crippen molar-refractivity contribution in [2.24, 2.45) is 5.41 Å². The lowest BCUT2D eigenvalue weighted by atomic mass is 9.76. The maximum atomic E-state index is 12.2. The van der Waals surface area contributed by atoms with Crippen LogP contribution in [0.4, 0.5) is 0 Å². The number of carbonyl (C=O) groups is 1. The van der Waals surface area contributed by atoms with E-state index in [0.717, 1.165) is 28.5 Å². The van der Waals surface area contributed by atoms with E-state index in [1.165, 1.54) is 0 Å². The minimum atomic E-state index is 0.0400. The second-order valence-electron chi connectivity index (χ2n) is 6.70. The van der Waals surface area contributed by atoms with Gasteiger partial charge in [-0.1, -0.05) is 27.7 Å². The molecule has 3 rings (SSSR count). The molecule has 0 N–H and O–H groups in total. The van der Waals surface area contributed by atoms with Gasteiger partial charge in [0.15, 0.2) is 10.9 Å². The van der Waals surface area contributed by atoms with Crippen molar-refractivity contribution < 1.29 is 4.79 Å². The highest BCUT2D eigenvalue weighted by atomic mass is 32.1. The molecule has 0 amide bonds. The second kappa shape index (κ2) is 4.55. The van der Waals surface area contributed by atoms with Gasteiger partial charge in [0, 0.05) is 29.3 Å². The van der Waals surface area contributed by atoms with Crippen LogP contribution < -0.4 is 0 Å². The molecule has 0 saturated heterocycles. The van der Waals surface area contributed by atoms with Gasteiger partial charge in [0.05, 0.1) is 5.69 Å². The first-order chi connectivity index (χ1) is 9.37. The van der Waals surface area contributed by atoms with E-state index in [-0.39, 0.29) is 11.2 Å². The number of thiazole rings is 1. The quantitative estimate of drug-likeness (QED) is 0.829. The highest BCUT2D eigenvalue weighted by Gasteiger charge is 2.33. The van der Waals surface area contributed by atoms with E-state index in [4.69, 9.17) is 4.98 Å². The zero-order valence-corrected chi connectivity index (χ0v) is 13.3. The third kappa shape index (κ3) is 2.22. The summed E-state index contributed by atoms with van der Waals surface area (Å²) in [5.41, 5.74) is 3.16. The Balaban J connectivity index is 2.06. The molecule has 1 aliphatic carbocycles. The monoisotopic (exact) mass is 288 g/mol. The summed E-state index contributed by atoms with van der Waals surface area (Å²) in [5, 5.41) is 3.09. The Labute approximate surface area is 123 Å². The summed E-state index contributed by atoms with van der Waals surface area (Å²) in [6.07, 6.45) is 3.56. The third-order valence-corrected chi connectivity index (χ3v) is 4.74. The van der Waals surface area contributed by atoms with Crippen LogP contribution in [0.2, 0.25) is 0 Å². The van der Waals surface area contributed by atoms with E-state index >= 15 is 0 Å². The fourth-order valence-corrected chi connectivity index (χ4v) is 3.77. The predicted molar refractivity (Wildman–Crippen MR) is 82.0 cm³/mol. The van der Waals surface area contributed by atoms with Crippen molar-refractivity contribution in [3.05, 3.63) is 34.6 Å². The van der Waals surface area contributed by atoms with Crippen molar-refractivity contribution in [3.8, 4) is 5.13 Å². The Kier molecular flexibility index (Phi) is 3.09. The number of ketones is 1. The molecule has 4 heteroatoms. The summed E-state index contributed by atoms with van der Waals surface area (Å²) in [7, 11) is 0. The zero-order chi connectivity index (χ0) is 14.5. The third-order valence-electron chi connectivity index (χ3n) is 3.88. The number of carbonyl (C=O) groups excluding carboxylic acids is 1. The Morgan fingerprint density at radius 1 is 1.35 bits per heavy atom. The summed E-state index contributed by atoms with van der Waals surface area (Å²) in [6.45, 7) is 8.62. The number of hydrogen-bond donors (Lipinski definition) is 0. The van der Waals surface area contributed by atoms with Crippen LogP contribution in [0.3, 0.4) is 0 Å². The highest BCUT2D eigenvalue weighted by molar-refractivity contribution is 7.12. The van der Waals surface area contributed by atoms with Crippen molar-refractivity contribution in [3.63, 3.8) is 0 Å². The average molecular weight is 288 g/mol. The maximum absolute atomic E-state index is 12.2. The molecule has 0 aromatic carbocycles. The first-order valence-corrected chi connectivity index (χ1v) is 7.94. The van der Waals surface area contributed by atoms with Crippen LogP contribution in [0.5, 0.6) is 0 Å². The van der Waals surface area contributed by atoms with E-state index in [2.05, 4.69) is 37.6 Å². The lowest BCUT2D eigenvalue weighted by molar-refractivity contribution is 0.0911. The SMILES string of the molecule is CC(C)c1csc(-n2ccc3c2CC(C)(C)CC3=O)n1. The summed E-state index contributed by atoms with van der Waals surface area (Å²) < 4.78 is 2.10. The van der Waals surface area contributed by atoms with Crippen molar-refractivity contribution in [1.29, 1.82) is 0 Å². The van der Waals surface area contributed by atoms with Gasteiger partial charge >= 0.3 is 0 Å². The van der Waals surface area contributed by atoms with Gasteiger partial charge in [0.2, 0.25) is 0 Å². The molecule has 1 aliphatic rings. The molecule has 20 heavy (non-hydrogen) atoms. The lowest BCUT2D eigenvalue weighted by Gasteiger charge is -2.29. The maximum Gasteiger partial charge on any atom is 0.193 e. The standard InChI is InChI=1S/C16H20N2OS/c1-10(2)12-9-20-15(17-12)18-6-5-11-13(18)7-16(3,4)8-14(11)19/h5-6,9-10H,7-8H2,1-4H3. The molecule has 106 valence electrons. The zero-order valence-electron chi connectivity index (χ0n) is 12.4. The van der Waals surface area contributed by atoms with E-state index in [0.29, 0.717) is 12.3 Å². The van der Waals surface area contributed by atoms with Crippen LogP contribution in [-0.4, -0.2) is 15.3 Å². The number of hydrogen-bond acceptors (Lipinski definition) is 3. The Bertz CT molecular complexity index is 664. The second-order valence-corrected chi connectivity index (χ2v) is 7.53. The van der Waals surface area contributed by atoms with Gasteiger partial charge in [-0.25, -0.2) is 4.98 Å². The van der Waals surface area contributed by atoms with Crippen LogP contribution in [-0.2, 0) is 6.42 Å². The molecule has 2 aromatic heterocycles. The van der Waals surface area contributed by atoms with E-state index in [1.807, 2.05) is 12.3 Å². The molecule has 0 fully saturated rings. The number of nitrogens with zero attached hydrogens (tertiary/aromatic N) is 2. The van der Waals surface area contributed by atoms with Crippen LogP contribution in [0.1, 0.15) is 61.8 Å². The van der Waals surface area contributed by atoms with Gasteiger partial charge in [0.25, 0.3) is 0 Å². The topological polar surface area (TPSA) is 34.9 Å². The molecule has 0 bridgehead atoms. The molecule has 0 spiro atoms. The summed E-state index contributed by atoms with van der Waals surface area (Å²) in [4.78, 5) is 16.9. The first kappa shape index (κ1) is 13.6. The fourth-order valence-electron chi connectivity index (χ4n) is 2.78. The number of Topliss-reactive ketones (excluding diaryl/α,β-unsaturated/α-hetero) is 1. The molecule has 2 heterocycles. The van der Waals surface area contributed by atoms with Crippen molar-refractivity contribution in [2.75, 3.05) is 0 Å². The summed E-state index contributed by atoms with van der Waals surface area (Å²) >= 11 is 1.65. The van der Waals surface area contributed by atoms with Crippen molar-refractivity contribution >= 4 is 17.1 Å². The Morgan fingerprint density at radius 3 is 2.75 bits per heavy atom. The smallest absolute Gasteiger partial charge is 0.193 e. The van der Waals surface area contributed by atoms with E-state index in [9.17, 15) is 4.79 Å². The summed E-state index contributed by atoms with van der Waals surface area (Å²) in [5.74, 6) is 0.695. The largest absolute Gasteiger partial charge is 0.296 e. The fraction of sp³-hybridized carbons (Fsp3) is 0.500. The van der Waals surface area contributed by atoms with Crippen molar-refractivity contribution in [2.45, 2.75) is 46.5 Å². The molecular formula is C16H20N2OS. The molecule has 0 radical (unpaired) electrons. The minimum absolute atomic E-state index is 0.0400. The molecular weight excluding hydrogens is 268 g/mol. The van der Waals surface area contributed by atoms with Crippen LogP contribution in [0, 0.1) is 5.41 Å². The van der Waals surface area contributed by atoms with E-state index < -0.39 is 0 Å². The Hall–Kier alpha value is -1.42. The normalized spacial score (nSPS) is 17.6. The van der Waals surface area contributed by atoms with Gasteiger partial charge in [-0.3, -0.25) is 9.36 Å². The van der Waals surface area contributed by atoms with Gasteiger partial charge < -0.3 is 0 Å². The lowest BCUT2D eigenvalue weighted by Crippen LogP contribution is -2.27. The minimum Gasteiger partial charge on any atom is -0.296 e. The molecule has 0 saturated carbocycles. The first-order valence-electron chi connectivity index (χ1n) is 7.06. The predicted octanol–water partition coefficient (Wildman–Crippen LogP) is 4.21. The van der Waals surface area contributed by atoms with Gasteiger partial charge in [-0.15, -0.1) is 11.3 Å². The number of aromatic nitrogens is 2. The van der Waals surface area contributed by atoms with Gasteiger partial charge in [-0.05, 0) is 23.8 Å².